The fourth-order valence-electron chi connectivity index (χ4n) is 5.20. The van der Waals surface area contributed by atoms with E-state index in [-0.39, 0.29) is 17.4 Å². The second-order valence-corrected chi connectivity index (χ2v) is 8.63. The zero-order valence-corrected chi connectivity index (χ0v) is 16.6. The summed E-state index contributed by atoms with van der Waals surface area (Å²) in [4.78, 5) is 0. The minimum atomic E-state index is -0.00193. The largest absolute Gasteiger partial charge is 0.483 e. The van der Waals surface area contributed by atoms with Gasteiger partial charge in [-0.15, -0.1) is 0 Å². The summed E-state index contributed by atoms with van der Waals surface area (Å²) in [5.41, 5.74) is 8.96. The summed E-state index contributed by atoms with van der Waals surface area (Å²) in [5, 5.41) is 3.75. The number of ether oxygens (including phenoxy) is 1. The molecule has 29 heavy (non-hydrogen) atoms. The second-order valence-electron chi connectivity index (χ2n) is 8.63. The van der Waals surface area contributed by atoms with Crippen LogP contribution in [-0.4, -0.2) is 6.10 Å². The van der Waals surface area contributed by atoms with Crippen LogP contribution < -0.4 is 10.1 Å². The van der Waals surface area contributed by atoms with Crippen molar-refractivity contribution < 1.29 is 4.74 Å². The fraction of sp³-hybridized carbons (Fsp3) is 0.185. The summed E-state index contributed by atoms with van der Waals surface area (Å²) < 4.78 is 6.34. The highest BCUT2D eigenvalue weighted by atomic mass is 16.5. The fourth-order valence-corrected chi connectivity index (χ4v) is 5.20. The van der Waals surface area contributed by atoms with Crippen LogP contribution in [0.25, 0.3) is 11.1 Å². The third-order valence-electron chi connectivity index (χ3n) is 6.65. The Bertz CT molecular complexity index is 1200. The van der Waals surface area contributed by atoms with Crippen LogP contribution in [0.15, 0.2) is 90.7 Å². The molecule has 6 rings (SSSR count). The molecule has 2 heteroatoms. The predicted octanol–water partition coefficient (Wildman–Crippen LogP) is 6.40. The van der Waals surface area contributed by atoms with Crippen LogP contribution in [0, 0.1) is 0 Å². The monoisotopic (exact) mass is 377 g/mol. The van der Waals surface area contributed by atoms with Gasteiger partial charge in [0.2, 0.25) is 0 Å². The Balaban J connectivity index is 1.42. The predicted molar refractivity (Wildman–Crippen MR) is 118 cm³/mol. The lowest BCUT2D eigenvalue weighted by Gasteiger charge is -2.25. The van der Waals surface area contributed by atoms with Gasteiger partial charge in [0.25, 0.3) is 0 Å². The van der Waals surface area contributed by atoms with Gasteiger partial charge in [0.1, 0.15) is 11.9 Å². The van der Waals surface area contributed by atoms with Gasteiger partial charge in [0.15, 0.2) is 0 Å². The molecule has 1 N–H and O–H groups in total. The van der Waals surface area contributed by atoms with Crippen LogP contribution in [0.4, 0.5) is 5.69 Å². The first kappa shape index (κ1) is 16.7. The lowest BCUT2D eigenvalue weighted by Crippen LogP contribution is -2.27. The molecule has 0 saturated heterocycles. The number of fused-ring (bicyclic) bond motifs is 6. The SMILES string of the molecule is CC1(C)c2ccccc2-c2c(NC3=CC=CC4c5ccccc5OC34)cccc21. The number of hydrogen-bond acceptors (Lipinski definition) is 2. The first-order valence-electron chi connectivity index (χ1n) is 10.3. The van der Waals surface area contributed by atoms with Crippen LogP contribution in [0.2, 0.25) is 0 Å². The van der Waals surface area contributed by atoms with E-state index in [0.717, 1.165) is 17.1 Å². The van der Waals surface area contributed by atoms with Gasteiger partial charge >= 0.3 is 0 Å². The molecule has 2 nitrogen and oxygen atoms in total. The summed E-state index contributed by atoms with van der Waals surface area (Å²) in [6.45, 7) is 4.63. The van der Waals surface area contributed by atoms with Crippen LogP contribution in [-0.2, 0) is 5.41 Å². The van der Waals surface area contributed by atoms with Gasteiger partial charge in [-0.3, -0.25) is 0 Å². The van der Waals surface area contributed by atoms with Crippen molar-refractivity contribution in [2.24, 2.45) is 0 Å². The molecule has 0 saturated carbocycles. The van der Waals surface area contributed by atoms with Crippen molar-refractivity contribution in [3.05, 3.63) is 107 Å². The van der Waals surface area contributed by atoms with Crippen molar-refractivity contribution in [2.45, 2.75) is 31.3 Å². The van der Waals surface area contributed by atoms with Crippen molar-refractivity contribution in [3.8, 4) is 16.9 Å². The Morgan fingerprint density at radius 2 is 1.66 bits per heavy atom. The maximum Gasteiger partial charge on any atom is 0.149 e. The Hall–Kier alpha value is -3.26. The van der Waals surface area contributed by atoms with E-state index in [1.54, 1.807) is 0 Å². The number of rotatable bonds is 2. The third-order valence-corrected chi connectivity index (χ3v) is 6.65. The van der Waals surface area contributed by atoms with Crippen molar-refractivity contribution in [2.75, 3.05) is 5.32 Å². The highest BCUT2D eigenvalue weighted by Gasteiger charge is 2.39. The maximum atomic E-state index is 6.34. The van der Waals surface area contributed by atoms with Crippen molar-refractivity contribution >= 4 is 5.69 Å². The zero-order valence-electron chi connectivity index (χ0n) is 16.6. The van der Waals surface area contributed by atoms with Gasteiger partial charge in [0, 0.05) is 28.1 Å². The highest BCUT2D eigenvalue weighted by Crippen LogP contribution is 2.52. The maximum absolute atomic E-state index is 6.34. The van der Waals surface area contributed by atoms with Gasteiger partial charge < -0.3 is 10.1 Å². The number of anilines is 1. The van der Waals surface area contributed by atoms with Gasteiger partial charge in [-0.05, 0) is 34.9 Å². The highest BCUT2D eigenvalue weighted by molar-refractivity contribution is 5.90. The Labute approximate surface area is 171 Å². The molecule has 3 aromatic carbocycles. The average molecular weight is 377 g/mol. The molecule has 2 unspecified atom stereocenters. The Kier molecular flexibility index (Phi) is 3.37. The first-order valence-corrected chi connectivity index (χ1v) is 10.3. The number of allylic oxidation sites excluding steroid dienone is 2. The minimum Gasteiger partial charge on any atom is -0.483 e. The molecule has 0 radical (unpaired) electrons. The molecule has 0 bridgehead atoms. The van der Waals surface area contributed by atoms with E-state index in [9.17, 15) is 0 Å². The third kappa shape index (κ3) is 2.29. The summed E-state index contributed by atoms with van der Waals surface area (Å²) in [6.07, 6.45) is 6.54. The first-order chi connectivity index (χ1) is 14.1. The molecular formula is C27H23NO. The van der Waals surface area contributed by atoms with E-state index in [0.29, 0.717) is 0 Å². The Morgan fingerprint density at radius 3 is 2.59 bits per heavy atom. The lowest BCUT2D eigenvalue weighted by molar-refractivity contribution is 0.257. The van der Waals surface area contributed by atoms with Crippen molar-refractivity contribution in [1.29, 1.82) is 0 Å². The Morgan fingerprint density at radius 1 is 0.862 bits per heavy atom. The molecule has 2 atom stereocenters. The van der Waals surface area contributed by atoms with E-state index in [2.05, 4.69) is 98.1 Å². The van der Waals surface area contributed by atoms with Crippen molar-refractivity contribution in [3.63, 3.8) is 0 Å². The van der Waals surface area contributed by atoms with Gasteiger partial charge in [-0.1, -0.05) is 80.6 Å². The number of hydrogen-bond donors (Lipinski definition) is 1. The molecule has 142 valence electrons. The van der Waals surface area contributed by atoms with Gasteiger partial charge in [-0.25, -0.2) is 0 Å². The normalized spacial score (nSPS) is 22.1. The number of benzene rings is 3. The van der Waals surface area contributed by atoms with Gasteiger partial charge in [-0.2, -0.15) is 0 Å². The van der Waals surface area contributed by atoms with Crippen LogP contribution >= 0.6 is 0 Å². The zero-order chi connectivity index (χ0) is 19.6. The second kappa shape index (κ2) is 5.87. The van der Waals surface area contributed by atoms with E-state index < -0.39 is 0 Å². The molecule has 1 heterocycles. The lowest BCUT2D eigenvalue weighted by atomic mass is 9.82. The summed E-state index contributed by atoms with van der Waals surface area (Å²) in [6, 6.07) is 23.8. The molecule has 0 spiro atoms. The van der Waals surface area contributed by atoms with Crippen LogP contribution in [0.5, 0.6) is 5.75 Å². The molecular weight excluding hydrogens is 354 g/mol. The smallest absolute Gasteiger partial charge is 0.149 e. The standard InChI is InChI=1S/C27H23NO/c1-27(2)20-12-5-3-10-19(20)25-21(27)13-8-14-22(25)28-23-15-7-11-18-17-9-4-6-16-24(17)29-26(18)23/h3-16,18,26,28H,1-2H3. The van der Waals surface area contributed by atoms with Crippen molar-refractivity contribution in [1.82, 2.24) is 0 Å². The number of nitrogens with one attached hydrogen (secondary N) is 1. The van der Waals surface area contributed by atoms with Crippen LogP contribution in [0.1, 0.15) is 36.5 Å². The van der Waals surface area contributed by atoms with Crippen LogP contribution in [0.3, 0.4) is 0 Å². The molecule has 0 fully saturated rings. The topological polar surface area (TPSA) is 21.3 Å². The molecule has 2 aliphatic carbocycles. The summed E-state index contributed by atoms with van der Waals surface area (Å²) in [5.74, 6) is 1.26. The van der Waals surface area contributed by atoms with Gasteiger partial charge in [0.05, 0.1) is 5.70 Å². The molecule has 3 aromatic rings. The average Bonchev–Trinajstić information content (AvgIpc) is 3.23. The molecule has 0 aromatic heterocycles. The summed E-state index contributed by atoms with van der Waals surface area (Å²) >= 11 is 0. The quantitative estimate of drug-likeness (QED) is 0.558. The van der Waals surface area contributed by atoms with E-state index in [1.165, 1.54) is 27.8 Å². The molecule has 1 aliphatic heterocycles. The molecule has 0 amide bonds. The van der Waals surface area contributed by atoms with E-state index >= 15 is 0 Å². The van der Waals surface area contributed by atoms with E-state index in [4.69, 9.17) is 4.74 Å². The van der Waals surface area contributed by atoms with E-state index in [1.807, 2.05) is 6.07 Å². The number of para-hydroxylation sites is 1. The summed E-state index contributed by atoms with van der Waals surface area (Å²) in [7, 11) is 0. The minimum absolute atomic E-state index is 0.00193. The molecule has 3 aliphatic rings.